The topological polar surface area (TPSA) is 69.5 Å². The van der Waals surface area contributed by atoms with Crippen LogP contribution in [0, 0.1) is 13.8 Å². The molecular formula is C26H23N3O3. The Balaban J connectivity index is 1.35. The lowest BCUT2D eigenvalue weighted by atomic mass is 9.99. The third kappa shape index (κ3) is 4.05. The van der Waals surface area contributed by atoms with Crippen LogP contribution in [-0.2, 0) is 11.3 Å². The normalized spacial score (nSPS) is 17.2. The third-order valence-corrected chi connectivity index (χ3v) is 5.64. The molecule has 1 aliphatic heterocycles. The summed E-state index contributed by atoms with van der Waals surface area (Å²) < 4.78 is 11.8. The van der Waals surface area contributed by atoms with Crippen LogP contribution in [0.25, 0.3) is 5.69 Å². The Morgan fingerprint density at radius 1 is 1.00 bits per heavy atom. The zero-order chi connectivity index (χ0) is 22.1. The molecule has 1 fully saturated rings. The summed E-state index contributed by atoms with van der Waals surface area (Å²) in [7, 11) is 0. The van der Waals surface area contributed by atoms with Gasteiger partial charge >= 0.3 is 0 Å². The molecule has 6 heteroatoms. The summed E-state index contributed by atoms with van der Waals surface area (Å²) >= 11 is 0. The fraction of sp³-hybridized carbons (Fsp3) is 0.192. The summed E-state index contributed by atoms with van der Waals surface area (Å²) in [6.45, 7) is 4.39. The lowest BCUT2D eigenvalue weighted by Crippen LogP contribution is -2.12. The van der Waals surface area contributed by atoms with Gasteiger partial charge in [-0.05, 0) is 54.8 Å². The van der Waals surface area contributed by atoms with Gasteiger partial charge in [-0.15, -0.1) is 0 Å². The fourth-order valence-electron chi connectivity index (χ4n) is 3.62. The molecule has 2 atom stereocenters. The highest BCUT2D eigenvalue weighted by Gasteiger charge is 2.48. The fourth-order valence-corrected chi connectivity index (χ4v) is 3.62. The molecule has 1 saturated heterocycles. The minimum absolute atomic E-state index is 0.101. The van der Waals surface area contributed by atoms with Crippen molar-refractivity contribution in [2.75, 3.05) is 0 Å². The van der Waals surface area contributed by atoms with Gasteiger partial charge in [0.2, 0.25) is 0 Å². The number of benzene rings is 3. The molecule has 0 amide bonds. The third-order valence-electron chi connectivity index (χ3n) is 5.64. The molecule has 0 N–H and O–H groups in total. The minimum atomic E-state index is -0.586. The van der Waals surface area contributed by atoms with E-state index in [9.17, 15) is 4.79 Å². The molecule has 0 unspecified atom stereocenters. The average Bonchev–Trinajstić information content (AvgIpc) is 3.48. The van der Waals surface area contributed by atoms with Gasteiger partial charge in [-0.2, -0.15) is 15.0 Å². The van der Waals surface area contributed by atoms with Crippen molar-refractivity contribution in [3.8, 4) is 11.4 Å². The van der Waals surface area contributed by atoms with Gasteiger partial charge < -0.3 is 9.47 Å². The summed E-state index contributed by atoms with van der Waals surface area (Å²) in [5.74, 6) is 0.472. The smallest absolute Gasteiger partial charge is 0.198 e. The number of rotatable bonds is 7. The highest BCUT2D eigenvalue weighted by atomic mass is 16.6. The first-order chi connectivity index (χ1) is 15.6. The number of carbonyl (C=O) groups is 1. The van der Waals surface area contributed by atoms with E-state index in [2.05, 4.69) is 10.2 Å². The van der Waals surface area contributed by atoms with Crippen molar-refractivity contribution in [3.05, 3.63) is 107 Å². The van der Waals surface area contributed by atoms with Gasteiger partial charge in [0, 0.05) is 0 Å². The van der Waals surface area contributed by atoms with E-state index >= 15 is 0 Å². The van der Waals surface area contributed by atoms with Crippen LogP contribution in [0.5, 0.6) is 5.75 Å². The number of aromatic nitrogens is 3. The number of nitrogens with zero attached hydrogens (tertiary/aromatic N) is 3. The molecule has 0 aliphatic carbocycles. The van der Waals surface area contributed by atoms with Crippen LogP contribution in [0.1, 0.15) is 38.8 Å². The molecule has 1 aromatic heterocycles. The highest BCUT2D eigenvalue weighted by Crippen LogP contribution is 2.41. The summed E-state index contributed by atoms with van der Waals surface area (Å²) in [6.07, 6.45) is 0.665. The quantitative estimate of drug-likeness (QED) is 0.315. The number of hydrogen-bond donors (Lipinski definition) is 0. The number of para-hydroxylation sites is 1. The van der Waals surface area contributed by atoms with Gasteiger partial charge in [0.1, 0.15) is 24.2 Å². The lowest BCUT2D eigenvalue weighted by molar-refractivity contribution is 0.0949. The largest absolute Gasteiger partial charge is 0.488 e. The van der Waals surface area contributed by atoms with Crippen LogP contribution >= 0.6 is 0 Å². The first kappa shape index (κ1) is 20.2. The molecule has 2 heterocycles. The van der Waals surface area contributed by atoms with Crippen molar-refractivity contribution < 1.29 is 14.3 Å². The van der Waals surface area contributed by atoms with Crippen molar-refractivity contribution in [1.29, 1.82) is 0 Å². The number of ketones is 1. The van der Waals surface area contributed by atoms with Gasteiger partial charge in [-0.25, -0.2) is 0 Å². The van der Waals surface area contributed by atoms with E-state index in [4.69, 9.17) is 9.47 Å². The standard InChI is InChI=1S/C26H23N3O3/c1-17-13-21(23(14-18(17)2)31-16-19-9-5-3-6-10-19)24(30)26-25(32-26)22-15-27-29(28-22)20-11-7-4-8-12-20/h3-15,25-26H,16H2,1-2H3/t25-,26-/m0/s1. The SMILES string of the molecule is Cc1cc(OCc2ccccc2)c(C(=O)[C@@H]2O[C@H]2c2cnn(-c3ccccc3)n2)cc1C. The van der Waals surface area contributed by atoms with E-state index in [1.807, 2.05) is 86.6 Å². The molecule has 0 saturated carbocycles. The molecule has 0 radical (unpaired) electrons. The lowest BCUT2D eigenvalue weighted by Gasteiger charge is -2.13. The van der Waals surface area contributed by atoms with Crippen molar-refractivity contribution in [3.63, 3.8) is 0 Å². The summed E-state index contributed by atoms with van der Waals surface area (Å²) in [4.78, 5) is 14.8. The predicted molar refractivity (Wildman–Crippen MR) is 120 cm³/mol. The van der Waals surface area contributed by atoms with Crippen LogP contribution in [0.2, 0.25) is 0 Å². The first-order valence-corrected chi connectivity index (χ1v) is 10.6. The van der Waals surface area contributed by atoms with Crippen molar-refractivity contribution >= 4 is 5.78 Å². The molecule has 4 aromatic rings. The maximum atomic E-state index is 13.3. The Kier molecular flexibility index (Phi) is 5.29. The number of hydrogen-bond acceptors (Lipinski definition) is 5. The second-order valence-corrected chi connectivity index (χ2v) is 7.94. The van der Waals surface area contributed by atoms with Crippen LogP contribution in [0.4, 0.5) is 0 Å². The van der Waals surface area contributed by atoms with Gasteiger partial charge in [0.25, 0.3) is 0 Å². The van der Waals surface area contributed by atoms with Crippen LogP contribution in [0.3, 0.4) is 0 Å². The van der Waals surface area contributed by atoms with Gasteiger partial charge in [0.05, 0.1) is 17.4 Å². The maximum absolute atomic E-state index is 13.3. The molecule has 6 nitrogen and oxygen atoms in total. The Bertz CT molecular complexity index is 1250. The highest BCUT2D eigenvalue weighted by molar-refractivity contribution is 6.03. The van der Waals surface area contributed by atoms with E-state index in [1.54, 1.807) is 11.0 Å². The molecule has 3 aromatic carbocycles. The number of aryl methyl sites for hydroxylation is 2. The molecule has 5 rings (SSSR count). The first-order valence-electron chi connectivity index (χ1n) is 10.6. The van der Waals surface area contributed by atoms with Crippen LogP contribution in [0.15, 0.2) is 79.0 Å². The Labute approximate surface area is 186 Å². The van der Waals surface area contributed by atoms with Crippen molar-refractivity contribution in [1.82, 2.24) is 15.0 Å². The van der Waals surface area contributed by atoms with E-state index < -0.39 is 12.2 Å². The Morgan fingerprint density at radius 3 is 2.44 bits per heavy atom. The second-order valence-electron chi connectivity index (χ2n) is 7.94. The van der Waals surface area contributed by atoms with Crippen LogP contribution in [-0.4, -0.2) is 26.9 Å². The predicted octanol–water partition coefficient (Wildman–Crippen LogP) is 4.79. The second kappa shape index (κ2) is 8.40. The molecule has 160 valence electrons. The van der Waals surface area contributed by atoms with E-state index in [1.165, 1.54) is 0 Å². The van der Waals surface area contributed by atoms with Gasteiger partial charge in [-0.3, -0.25) is 4.79 Å². The van der Waals surface area contributed by atoms with Gasteiger partial charge in [-0.1, -0.05) is 48.5 Å². The number of Topliss-reactive ketones (excluding diaryl/α,β-unsaturated/α-hetero) is 1. The molecule has 1 aliphatic rings. The van der Waals surface area contributed by atoms with Crippen molar-refractivity contribution in [2.45, 2.75) is 32.7 Å². The summed E-state index contributed by atoms with van der Waals surface area (Å²) in [5.41, 5.74) is 5.18. The monoisotopic (exact) mass is 425 g/mol. The van der Waals surface area contributed by atoms with E-state index in [0.29, 0.717) is 23.6 Å². The Hall–Kier alpha value is -3.77. The minimum Gasteiger partial charge on any atom is -0.488 e. The summed E-state index contributed by atoms with van der Waals surface area (Å²) in [5, 5.41) is 8.81. The number of epoxide rings is 1. The number of ether oxygens (including phenoxy) is 2. The maximum Gasteiger partial charge on any atom is 0.198 e. The van der Waals surface area contributed by atoms with E-state index in [0.717, 1.165) is 22.4 Å². The van der Waals surface area contributed by atoms with Crippen LogP contribution < -0.4 is 4.74 Å². The Morgan fingerprint density at radius 2 is 1.69 bits per heavy atom. The zero-order valence-corrected chi connectivity index (χ0v) is 17.9. The zero-order valence-electron chi connectivity index (χ0n) is 17.9. The summed E-state index contributed by atoms with van der Waals surface area (Å²) in [6, 6.07) is 23.3. The van der Waals surface area contributed by atoms with Crippen molar-refractivity contribution in [2.24, 2.45) is 0 Å². The van der Waals surface area contributed by atoms with Gasteiger partial charge in [0.15, 0.2) is 11.9 Å². The molecule has 0 spiro atoms. The van der Waals surface area contributed by atoms with E-state index in [-0.39, 0.29) is 5.78 Å². The molecule has 0 bridgehead atoms. The molecular weight excluding hydrogens is 402 g/mol. The average molecular weight is 425 g/mol. The molecule has 32 heavy (non-hydrogen) atoms. The number of carbonyl (C=O) groups excluding carboxylic acids is 1.